The normalized spacial score (nSPS) is 17.2. The summed E-state index contributed by atoms with van der Waals surface area (Å²) in [6.45, 7) is 0.941. The van der Waals surface area contributed by atoms with Gasteiger partial charge in [-0.3, -0.25) is 4.98 Å². The molecule has 0 atom stereocenters. The molecule has 2 heteroatoms. The number of pyridine rings is 1. The molecule has 102 valence electrons. The molecule has 1 fully saturated rings. The molecule has 2 nitrogen and oxygen atoms in total. The van der Waals surface area contributed by atoms with Crippen molar-refractivity contribution in [3.8, 4) is 11.1 Å². The van der Waals surface area contributed by atoms with Gasteiger partial charge in [-0.05, 0) is 60.4 Å². The molecule has 2 aromatic rings. The van der Waals surface area contributed by atoms with E-state index in [1.165, 1.54) is 59.9 Å². The lowest BCUT2D eigenvalue weighted by molar-refractivity contribution is 0.686. The molecule has 0 amide bonds. The molecule has 2 aliphatic carbocycles. The van der Waals surface area contributed by atoms with Crippen LogP contribution in [-0.2, 0) is 19.4 Å². The van der Waals surface area contributed by atoms with Crippen molar-refractivity contribution < 1.29 is 0 Å². The van der Waals surface area contributed by atoms with E-state index >= 15 is 0 Å². The lowest BCUT2D eigenvalue weighted by atomic mass is 10.0. The Morgan fingerprint density at radius 3 is 2.80 bits per heavy atom. The van der Waals surface area contributed by atoms with E-state index in [-0.39, 0.29) is 0 Å². The Hall–Kier alpha value is -1.67. The van der Waals surface area contributed by atoms with Gasteiger partial charge in [-0.1, -0.05) is 18.2 Å². The molecule has 20 heavy (non-hydrogen) atoms. The fourth-order valence-corrected chi connectivity index (χ4v) is 3.04. The first-order chi connectivity index (χ1) is 9.88. The maximum Gasteiger partial charge on any atom is 0.0346 e. The zero-order chi connectivity index (χ0) is 13.4. The summed E-state index contributed by atoms with van der Waals surface area (Å²) in [6, 6.07) is 9.93. The Bertz CT molecular complexity index is 629. The van der Waals surface area contributed by atoms with Gasteiger partial charge in [-0.25, -0.2) is 0 Å². The topological polar surface area (TPSA) is 24.9 Å². The van der Waals surface area contributed by atoms with E-state index in [2.05, 4.69) is 34.6 Å². The Kier molecular flexibility index (Phi) is 3.04. The fourth-order valence-electron chi connectivity index (χ4n) is 3.04. The minimum absolute atomic E-state index is 0.749. The highest BCUT2D eigenvalue weighted by molar-refractivity contribution is 5.65. The van der Waals surface area contributed by atoms with Crippen LogP contribution in [0.15, 0.2) is 36.7 Å². The van der Waals surface area contributed by atoms with Crippen LogP contribution < -0.4 is 5.32 Å². The first-order valence-electron chi connectivity index (χ1n) is 7.68. The quantitative estimate of drug-likeness (QED) is 0.914. The number of hydrogen-bond acceptors (Lipinski definition) is 2. The summed E-state index contributed by atoms with van der Waals surface area (Å²) >= 11 is 0. The fraction of sp³-hybridized carbons (Fsp3) is 0.389. The molecule has 0 saturated heterocycles. The molecule has 2 aliphatic rings. The van der Waals surface area contributed by atoms with Gasteiger partial charge in [0.1, 0.15) is 0 Å². The van der Waals surface area contributed by atoms with E-state index in [1.54, 1.807) is 0 Å². The number of nitrogens with zero attached hydrogens (tertiary/aromatic N) is 1. The van der Waals surface area contributed by atoms with Gasteiger partial charge in [-0.2, -0.15) is 0 Å². The highest BCUT2D eigenvalue weighted by Crippen LogP contribution is 2.28. The standard InChI is InChI=1S/C18H20N2/c1-2-14-4-5-16(9-15(14)3-1)17-8-13(10-19-12-17)11-20-18-6-7-18/h4-5,8-10,12,18,20H,1-3,6-7,11H2. The third kappa shape index (κ3) is 2.48. The van der Waals surface area contributed by atoms with Crippen LogP contribution >= 0.6 is 0 Å². The zero-order valence-corrected chi connectivity index (χ0v) is 11.7. The SMILES string of the molecule is c1ncc(-c2ccc3c(c2)CCC3)cc1CNC1CC1. The largest absolute Gasteiger partial charge is 0.310 e. The van der Waals surface area contributed by atoms with Crippen molar-refractivity contribution in [2.45, 2.75) is 44.7 Å². The summed E-state index contributed by atoms with van der Waals surface area (Å²) in [5.74, 6) is 0. The van der Waals surface area contributed by atoms with Gasteiger partial charge in [0, 0.05) is 30.5 Å². The second kappa shape index (κ2) is 5.02. The van der Waals surface area contributed by atoms with Crippen LogP contribution in [0.25, 0.3) is 11.1 Å². The summed E-state index contributed by atoms with van der Waals surface area (Å²) in [5.41, 5.74) is 6.91. The van der Waals surface area contributed by atoms with Crippen LogP contribution in [0, 0.1) is 0 Å². The average Bonchev–Trinajstić information content (AvgIpc) is 3.20. The van der Waals surface area contributed by atoms with Crippen molar-refractivity contribution in [3.05, 3.63) is 53.3 Å². The Labute approximate surface area is 120 Å². The molecule has 0 bridgehead atoms. The summed E-state index contributed by atoms with van der Waals surface area (Å²) in [7, 11) is 0. The number of aryl methyl sites for hydroxylation is 2. The summed E-state index contributed by atoms with van der Waals surface area (Å²) in [6.07, 6.45) is 10.4. The molecule has 1 N–H and O–H groups in total. The van der Waals surface area contributed by atoms with Crippen molar-refractivity contribution in [1.29, 1.82) is 0 Å². The third-order valence-electron chi connectivity index (χ3n) is 4.40. The van der Waals surface area contributed by atoms with Crippen LogP contribution in [0.1, 0.15) is 36.0 Å². The average molecular weight is 264 g/mol. The molecular weight excluding hydrogens is 244 g/mol. The maximum absolute atomic E-state index is 4.41. The summed E-state index contributed by atoms with van der Waals surface area (Å²) in [5, 5.41) is 3.55. The molecule has 1 aromatic heterocycles. The first-order valence-corrected chi connectivity index (χ1v) is 7.68. The molecule has 1 heterocycles. The van der Waals surface area contributed by atoms with Gasteiger partial charge in [0.2, 0.25) is 0 Å². The van der Waals surface area contributed by atoms with Crippen molar-refractivity contribution in [1.82, 2.24) is 10.3 Å². The van der Waals surface area contributed by atoms with Gasteiger partial charge >= 0.3 is 0 Å². The van der Waals surface area contributed by atoms with Crippen LogP contribution in [0.3, 0.4) is 0 Å². The Morgan fingerprint density at radius 2 is 1.90 bits per heavy atom. The molecule has 0 spiro atoms. The lowest BCUT2D eigenvalue weighted by Gasteiger charge is -2.08. The van der Waals surface area contributed by atoms with Gasteiger partial charge in [0.25, 0.3) is 0 Å². The van der Waals surface area contributed by atoms with E-state index in [0.717, 1.165) is 12.6 Å². The van der Waals surface area contributed by atoms with Crippen LogP contribution in [0.4, 0.5) is 0 Å². The number of aromatic nitrogens is 1. The summed E-state index contributed by atoms with van der Waals surface area (Å²) < 4.78 is 0. The van der Waals surface area contributed by atoms with Crippen molar-refractivity contribution >= 4 is 0 Å². The molecular formula is C18H20N2. The third-order valence-corrected chi connectivity index (χ3v) is 4.40. The van der Waals surface area contributed by atoms with Crippen molar-refractivity contribution in [2.24, 2.45) is 0 Å². The molecule has 0 radical (unpaired) electrons. The predicted octanol–water partition coefficient (Wildman–Crippen LogP) is 3.49. The van der Waals surface area contributed by atoms with E-state index in [1.807, 2.05) is 12.4 Å². The van der Waals surface area contributed by atoms with Crippen molar-refractivity contribution in [3.63, 3.8) is 0 Å². The second-order valence-electron chi connectivity index (χ2n) is 6.07. The molecule has 0 unspecified atom stereocenters. The smallest absolute Gasteiger partial charge is 0.0346 e. The van der Waals surface area contributed by atoms with Crippen molar-refractivity contribution in [2.75, 3.05) is 0 Å². The monoisotopic (exact) mass is 264 g/mol. The van der Waals surface area contributed by atoms with Gasteiger partial charge in [-0.15, -0.1) is 0 Å². The van der Waals surface area contributed by atoms with Gasteiger partial charge < -0.3 is 5.32 Å². The predicted molar refractivity (Wildman–Crippen MR) is 81.6 cm³/mol. The molecule has 4 rings (SSSR count). The Balaban J connectivity index is 1.58. The van der Waals surface area contributed by atoms with E-state index < -0.39 is 0 Å². The number of nitrogens with one attached hydrogen (secondary N) is 1. The van der Waals surface area contributed by atoms with Crippen LogP contribution in [-0.4, -0.2) is 11.0 Å². The van der Waals surface area contributed by atoms with E-state index in [0.29, 0.717) is 0 Å². The number of hydrogen-bond donors (Lipinski definition) is 1. The highest BCUT2D eigenvalue weighted by atomic mass is 14.9. The number of benzene rings is 1. The Morgan fingerprint density at radius 1 is 1.00 bits per heavy atom. The zero-order valence-electron chi connectivity index (χ0n) is 11.7. The van der Waals surface area contributed by atoms with Crippen LogP contribution in [0.5, 0.6) is 0 Å². The first kappa shape index (κ1) is 12.1. The van der Waals surface area contributed by atoms with Gasteiger partial charge in [0.05, 0.1) is 0 Å². The minimum Gasteiger partial charge on any atom is -0.310 e. The summed E-state index contributed by atoms with van der Waals surface area (Å²) in [4.78, 5) is 4.41. The van der Waals surface area contributed by atoms with Gasteiger partial charge in [0.15, 0.2) is 0 Å². The van der Waals surface area contributed by atoms with Crippen LogP contribution in [0.2, 0.25) is 0 Å². The lowest BCUT2D eigenvalue weighted by Crippen LogP contribution is -2.15. The molecule has 1 saturated carbocycles. The highest BCUT2D eigenvalue weighted by Gasteiger charge is 2.20. The number of fused-ring (bicyclic) bond motifs is 1. The molecule has 0 aliphatic heterocycles. The maximum atomic E-state index is 4.41. The minimum atomic E-state index is 0.749. The second-order valence-corrected chi connectivity index (χ2v) is 6.07. The number of rotatable bonds is 4. The van der Waals surface area contributed by atoms with E-state index in [4.69, 9.17) is 0 Å². The van der Waals surface area contributed by atoms with E-state index in [9.17, 15) is 0 Å². The molecule has 1 aromatic carbocycles.